The predicted molar refractivity (Wildman–Crippen MR) is 87.8 cm³/mol. The number of rotatable bonds is 7. The lowest BCUT2D eigenvalue weighted by molar-refractivity contribution is 0.239. The summed E-state index contributed by atoms with van der Waals surface area (Å²) in [5.74, 6) is 0. The van der Waals surface area contributed by atoms with E-state index in [1.165, 1.54) is 31.7 Å². The number of benzene rings is 1. The van der Waals surface area contributed by atoms with Gasteiger partial charge in [-0.2, -0.15) is 0 Å². The number of halogens is 1. The Morgan fingerprint density at radius 1 is 1.25 bits per heavy atom. The van der Waals surface area contributed by atoms with E-state index in [-0.39, 0.29) is 0 Å². The summed E-state index contributed by atoms with van der Waals surface area (Å²) >= 11 is 5.95. The fourth-order valence-corrected chi connectivity index (χ4v) is 2.68. The van der Waals surface area contributed by atoms with E-state index in [0.29, 0.717) is 0 Å². The maximum Gasteiger partial charge on any atom is 0.0407 e. The van der Waals surface area contributed by atoms with Crippen LogP contribution in [0.2, 0.25) is 5.02 Å². The van der Waals surface area contributed by atoms with Crippen LogP contribution in [-0.2, 0) is 0 Å². The highest BCUT2D eigenvalue weighted by Gasteiger charge is 2.10. The molecule has 1 fully saturated rings. The molecule has 1 N–H and O–H groups in total. The first-order valence-electron chi connectivity index (χ1n) is 7.34. The van der Waals surface area contributed by atoms with Crippen molar-refractivity contribution in [2.45, 2.75) is 6.42 Å². The molecule has 0 aromatic heterocycles. The topological polar surface area (TPSA) is 18.5 Å². The summed E-state index contributed by atoms with van der Waals surface area (Å²) < 4.78 is 0. The fourth-order valence-electron chi connectivity index (χ4n) is 2.55. The van der Waals surface area contributed by atoms with Gasteiger partial charge in [-0.25, -0.2) is 0 Å². The van der Waals surface area contributed by atoms with Gasteiger partial charge < -0.3 is 15.1 Å². The molecule has 1 aliphatic heterocycles. The van der Waals surface area contributed by atoms with E-state index in [4.69, 9.17) is 11.6 Å². The van der Waals surface area contributed by atoms with Crippen molar-refractivity contribution < 1.29 is 0 Å². The minimum Gasteiger partial charge on any atom is -0.368 e. The smallest absolute Gasteiger partial charge is 0.0407 e. The molecule has 0 unspecified atom stereocenters. The van der Waals surface area contributed by atoms with E-state index in [1.54, 1.807) is 0 Å². The summed E-state index contributed by atoms with van der Waals surface area (Å²) in [5, 5.41) is 4.17. The second-order valence-corrected chi connectivity index (χ2v) is 5.59. The van der Waals surface area contributed by atoms with Gasteiger partial charge in [-0.3, -0.25) is 0 Å². The highest BCUT2D eigenvalue weighted by molar-refractivity contribution is 6.30. The van der Waals surface area contributed by atoms with E-state index in [1.807, 2.05) is 18.2 Å². The first kappa shape index (κ1) is 15.4. The number of hydrogen-bond donors (Lipinski definition) is 1. The summed E-state index contributed by atoms with van der Waals surface area (Å²) in [4.78, 5) is 4.88. The number of anilines is 1. The first-order chi connectivity index (χ1) is 9.79. The summed E-state index contributed by atoms with van der Waals surface area (Å²) in [5.41, 5.74) is 1.22. The van der Waals surface area contributed by atoms with Crippen molar-refractivity contribution in [3.8, 4) is 0 Å². The fraction of sp³-hybridized carbons (Fsp3) is 0.500. The third-order valence-electron chi connectivity index (χ3n) is 3.65. The number of hydrogen-bond acceptors (Lipinski definition) is 3. The van der Waals surface area contributed by atoms with Crippen LogP contribution in [0.3, 0.4) is 0 Å². The SMILES string of the molecule is C=CCN(CCCN1CCNCC1)c1ccc(Cl)cc1. The van der Waals surface area contributed by atoms with Crippen molar-refractivity contribution in [2.24, 2.45) is 0 Å². The van der Waals surface area contributed by atoms with E-state index < -0.39 is 0 Å². The molecule has 0 amide bonds. The second-order valence-electron chi connectivity index (χ2n) is 5.16. The molecule has 1 aromatic carbocycles. The second kappa shape index (κ2) is 8.30. The molecule has 0 bridgehead atoms. The Labute approximate surface area is 127 Å². The molecule has 0 aliphatic carbocycles. The number of nitrogens with zero attached hydrogens (tertiary/aromatic N) is 2. The normalized spacial score (nSPS) is 16.1. The van der Waals surface area contributed by atoms with Gasteiger partial charge in [-0.15, -0.1) is 6.58 Å². The van der Waals surface area contributed by atoms with Gasteiger partial charge in [0, 0.05) is 50.0 Å². The summed E-state index contributed by atoms with van der Waals surface area (Å²) in [7, 11) is 0. The summed E-state index contributed by atoms with van der Waals surface area (Å²) in [6.45, 7) is 11.5. The lowest BCUT2D eigenvalue weighted by atomic mass is 10.2. The summed E-state index contributed by atoms with van der Waals surface area (Å²) in [6.07, 6.45) is 3.13. The monoisotopic (exact) mass is 293 g/mol. The van der Waals surface area contributed by atoms with Gasteiger partial charge in [-0.1, -0.05) is 17.7 Å². The van der Waals surface area contributed by atoms with Crippen LogP contribution in [0.15, 0.2) is 36.9 Å². The Bertz CT molecular complexity index is 399. The highest BCUT2D eigenvalue weighted by atomic mass is 35.5. The molecule has 110 valence electrons. The predicted octanol–water partition coefficient (Wildman–Crippen LogP) is 2.63. The van der Waals surface area contributed by atoms with E-state index >= 15 is 0 Å². The highest BCUT2D eigenvalue weighted by Crippen LogP contribution is 2.18. The minimum atomic E-state index is 0.785. The number of piperazine rings is 1. The molecule has 4 heteroatoms. The average Bonchev–Trinajstić information content (AvgIpc) is 2.48. The molecule has 1 aliphatic rings. The molecule has 0 atom stereocenters. The molecular formula is C16H24ClN3. The van der Waals surface area contributed by atoms with Crippen LogP contribution in [-0.4, -0.2) is 50.7 Å². The average molecular weight is 294 g/mol. The standard InChI is InChI=1S/C16H24ClN3/c1-2-10-20(16-6-4-15(17)5-7-16)12-3-11-19-13-8-18-9-14-19/h2,4-7,18H,1,3,8-14H2. The van der Waals surface area contributed by atoms with Gasteiger partial charge in [-0.05, 0) is 37.2 Å². The van der Waals surface area contributed by atoms with Crippen molar-refractivity contribution in [2.75, 3.05) is 50.7 Å². The van der Waals surface area contributed by atoms with Crippen LogP contribution >= 0.6 is 11.6 Å². The van der Waals surface area contributed by atoms with Crippen molar-refractivity contribution in [1.82, 2.24) is 10.2 Å². The van der Waals surface area contributed by atoms with E-state index in [2.05, 4.69) is 33.8 Å². The largest absolute Gasteiger partial charge is 0.368 e. The Kier molecular flexibility index (Phi) is 6.37. The molecule has 1 heterocycles. The molecule has 1 aromatic rings. The maximum atomic E-state index is 5.95. The molecule has 20 heavy (non-hydrogen) atoms. The van der Waals surface area contributed by atoms with Crippen molar-refractivity contribution in [1.29, 1.82) is 0 Å². The van der Waals surface area contributed by atoms with Gasteiger partial charge in [0.05, 0.1) is 0 Å². The molecule has 0 radical (unpaired) electrons. The van der Waals surface area contributed by atoms with Crippen LogP contribution in [0.1, 0.15) is 6.42 Å². The zero-order chi connectivity index (χ0) is 14.2. The van der Waals surface area contributed by atoms with E-state index in [9.17, 15) is 0 Å². The van der Waals surface area contributed by atoms with Gasteiger partial charge in [0.25, 0.3) is 0 Å². The van der Waals surface area contributed by atoms with Crippen molar-refractivity contribution in [3.63, 3.8) is 0 Å². The Morgan fingerprint density at radius 3 is 2.60 bits per heavy atom. The number of nitrogens with one attached hydrogen (secondary N) is 1. The van der Waals surface area contributed by atoms with Crippen LogP contribution in [0.25, 0.3) is 0 Å². The zero-order valence-corrected chi connectivity index (χ0v) is 12.8. The Hall–Kier alpha value is -1.03. The van der Waals surface area contributed by atoms with Crippen LogP contribution < -0.4 is 10.2 Å². The third kappa shape index (κ3) is 4.82. The molecule has 0 saturated carbocycles. The van der Waals surface area contributed by atoms with E-state index in [0.717, 1.165) is 31.2 Å². The molecule has 3 nitrogen and oxygen atoms in total. The lowest BCUT2D eigenvalue weighted by Crippen LogP contribution is -2.44. The maximum absolute atomic E-state index is 5.95. The minimum absolute atomic E-state index is 0.785. The quantitative estimate of drug-likeness (QED) is 0.780. The van der Waals surface area contributed by atoms with Crippen LogP contribution in [0.4, 0.5) is 5.69 Å². The Balaban J connectivity index is 1.82. The summed E-state index contributed by atoms with van der Waals surface area (Å²) in [6, 6.07) is 8.06. The molecular weight excluding hydrogens is 270 g/mol. The zero-order valence-electron chi connectivity index (χ0n) is 12.0. The van der Waals surface area contributed by atoms with Crippen LogP contribution in [0.5, 0.6) is 0 Å². The molecule has 2 rings (SSSR count). The molecule has 0 spiro atoms. The van der Waals surface area contributed by atoms with Crippen LogP contribution in [0, 0.1) is 0 Å². The van der Waals surface area contributed by atoms with Gasteiger partial charge in [0.2, 0.25) is 0 Å². The van der Waals surface area contributed by atoms with Crippen molar-refractivity contribution in [3.05, 3.63) is 41.9 Å². The van der Waals surface area contributed by atoms with Gasteiger partial charge >= 0.3 is 0 Å². The van der Waals surface area contributed by atoms with Crippen molar-refractivity contribution >= 4 is 17.3 Å². The Morgan fingerprint density at radius 2 is 1.95 bits per heavy atom. The van der Waals surface area contributed by atoms with Gasteiger partial charge in [0.1, 0.15) is 0 Å². The third-order valence-corrected chi connectivity index (χ3v) is 3.91. The van der Waals surface area contributed by atoms with Gasteiger partial charge in [0.15, 0.2) is 0 Å². The first-order valence-corrected chi connectivity index (χ1v) is 7.72. The lowest BCUT2D eigenvalue weighted by Gasteiger charge is -2.29. The molecule has 1 saturated heterocycles.